The molecule has 152 valence electrons. The van der Waals surface area contributed by atoms with Crippen LogP contribution in [0.25, 0.3) is 0 Å². The average Bonchev–Trinajstić information content (AvgIpc) is 3.36. The van der Waals surface area contributed by atoms with E-state index < -0.39 is 10.0 Å². The monoisotopic (exact) mass is 405 g/mol. The highest BCUT2D eigenvalue weighted by Crippen LogP contribution is 2.18. The van der Waals surface area contributed by atoms with Crippen LogP contribution < -0.4 is 10.0 Å². The second-order valence-electron chi connectivity index (χ2n) is 7.02. The third-order valence-corrected chi connectivity index (χ3v) is 6.58. The van der Waals surface area contributed by atoms with E-state index in [-0.39, 0.29) is 17.3 Å². The third-order valence-electron chi connectivity index (χ3n) is 5.18. The van der Waals surface area contributed by atoms with E-state index in [0.29, 0.717) is 23.9 Å². The highest BCUT2D eigenvalue weighted by Gasteiger charge is 2.24. The second kappa shape index (κ2) is 8.89. The van der Waals surface area contributed by atoms with Gasteiger partial charge in [-0.25, -0.2) is 13.1 Å². The lowest BCUT2D eigenvalue weighted by Crippen LogP contribution is -2.40. The number of benzene rings is 1. The van der Waals surface area contributed by atoms with Gasteiger partial charge in [0.1, 0.15) is 5.76 Å². The Morgan fingerprint density at radius 3 is 2.86 bits per heavy atom. The maximum atomic E-state index is 12.7. The molecule has 1 amide bonds. The summed E-state index contributed by atoms with van der Waals surface area (Å²) in [5.74, 6) is 0.272. The van der Waals surface area contributed by atoms with E-state index in [2.05, 4.69) is 21.9 Å². The fourth-order valence-electron chi connectivity index (χ4n) is 3.52. The van der Waals surface area contributed by atoms with Crippen LogP contribution in [0.1, 0.15) is 41.4 Å². The zero-order valence-corrected chi connectivity index (χ0v) is 17.1. The molecule has 8 heteroatoms. The summed E-state index contributed by atoms with van der Waals surface area (Å²) in [5.41, 5.74) is 1.11. The molecular weight excluding hydrogens is 378 g/mol. The van der Waals surface area contributed by atoms with Gasteiger partial charge in [0.2, 0.25) is 10.0 Å². The molecule has 7 nitrogen and oxygen atoms in total. The number of furan rings is 1. The molecule has 1 fully saturated rings. The molecule has 1 aliphatic heterocycles. The van der Waals surface area contributed by atoms with E-state index in [1.54, 1.807) is 25.1 Å². The Morgan fingerprint density at radius 1 is 1.32 bits per heavy atom. The molecule has 1 atom stereocenters. The molecule has 28 heavy (non-hydrogen) atoms. The summed E-state index contributed by atoms with van der Waals surface area (Å²) < 4.78 is 32.8. The first-order chi connectivity index (χ1) is 13.4. The number of sulfonamides is 1. The molecule has 1 aromatic heterocycles. The summed E-state index contributed by atoms with van der Waals surface area (Å²) in [5, 5.41) is 2.97. The van der Waals surface area contributed by atoms with Crippen molar-refractivity contribution in [2.45, 2.75) is 44.2 Å². The number of nitrogens with zero attached hydrogens (tertiary/aromatic N) is 1. The van der Waals surface area contributed by atoms with Gasteiger partial charge in [0.05, 0.1) is 17.7 Å². The van der Waals surface area contributed by atoms with Gasteiger partial charge >= 0.3 is 0 Å². The van der Waals surface area contributed by atoms with Crippen LogP contribution in [0.4, 0.5) is 0 Å². The summed E-state index contributed by atoms with van der Waals surface area (Å²) in [7, 11) is -3.75. The van der Waals surface area contributed by atoms with E-state index in [1.165, 1.54) is 18.4 Å². The smallest absolute Gasteiger partial charge is 0.251 e. The molecule has 1 saturated heterocycles. The van der Waals surface area contributed by atoms with Crippen LogP contribution in [0.2, 0.25) is 0 Å². The first-order valence-corrected chi connectivity index (χ1v) is 11.0. The number of carbonyl (C=O) groups is 1. The van der Waals surface area contributed by atoms with Crippen molar-refractivity contribution in [2.75, 3.05) is 19.6 Å². The Kier molecular flexibility index (Phi) is 6.53. The Hall–Kier alpha value is -2.16. The molecule has 0 saturated carbocycles. The Balaban J connectivity index is 1.68. The van der Waals surface area contributed by atoms with Gasteiger partial charge in [-0.05, 0) is 62.7 Å². The summed E-state index contributed by atoms with van der Waals surface area (Å²) >= 11 is 0. The number of likely N-dealkylation sites (N-methyl/N-ethyl adjacent to an activating group) is 1. The number of aryl methyl sites for hydroxylation is 1. The van der Waals surface area contributed by atoms with E-state index in [0.717, 1.165) is 31.5 Å². The molecule has 2 N–H and O–H groups in total. The highest BCUT2D eigenvalue weighted by atomic mass is 32.2. The van der Waals surface area contributed by atoms with Crippen LogP contribution in [0.3, 0.4) is 0 Å². The third kappa shape index (κ3) is 4.81. The molecule has 0 radical (unpaired) electrons. The predicted octanol–water partition coefficient (Wildman–Crippen LogP) is 2.28. The summed E-state index contributed by atoms with van der Waals surface area (Å²) in [4.78, 5) is 15.1. The van der Waals surface area contributed by atoms with E-state index >= 15 is 0 Å². The lowest BCUT2D eigenvalue weighted by atomic mass is 10.1. The number of likely N-dealkylation sites (tertiary alicyclic amines) is 1. The number of rotatable bonds is 8. The van der Waals surface area contributed by atoms with Crippen molar-refractivity contribution >= 4 is 15.9 Å². The minimum absolute atomic E-state index is 0.0548. The van der Waals surface area contributed by atoms with Gasteiger partial charge in [0, 0.05) is 18.2 Å². The minimum Gasteiger partial charge on any atom is -0.468 e. The maximum Gasteiger partial charge on any atom is 0.251 e. The van der Waals surface area contributed by atoms with Crippen molar-refractivity contribution in [1.29, 1.82) is 0 Å². The van der Waals surface area contributed by atoms with Crippen molar-refractivity contribution in [3.63, 3.8) is 0 Å². The number of amides is 1. The lowest BCUT2D eigenvalue weighted by Gasteiger charge is -2.23. The SMILES string of the molecule is CCN1CCCC1CNC(=O)c1cc(S(=O)(=O)NCc2ccco2)ccc1C. The molecule has 0 aliphatic carbocycles. The van der Waals surface area contributed by atoms with Gasteiger partial charge in [-0.2, -0.15) is 0 Å². The number of nitrogens with one attached hydrogen (secondary N) is 2. The number of carbonyl (C=O) groups excluding carboxylic acids is 1. The summed E-state index contributed by atoms with van der Waals surface area (Å²) in [6.45, 7) is 6.57. The van der Waals surface area contributed by atoms with E-state index in [1.807, 2.05) is 0 Å². The van der Waals surface area contributed by atoms with Crippen molar-refractivity contribution in [1.82, 2.24) is 14.9 Å². The Labute approximate surface area is 166 Å². The molecule has 0 bridgehead atoms. The van der Waals surface area contributed by atoms with Crippen LogP contribution in [0.15, 0.2) is 45.9 Å². The molecule has 1 aliphatic rings. The van der Waals surface area contributed by atoms with Crippen LogP contribution >= 0.6 is 0 Å². The van der Waals surface area contributed by atoms with E-state index in [9.17, 15) is 13.2 Å². The van der Waals surface area contributed by atoms with Gasteiger partial charge in [0.25, 0.3) is 5.91 Å². The molecule has 1 unspecified atom stereocenters. The van der Waals surface area contributed by atoms with Gasteiger partial charge in [0.15, 0.2) is 0 Å². The zero-order valence-electron chi connectivity index (χ0n) is 16.3. The van der Waals surface area contributed by atoms with Gasteiger partial charge in [-0.1, -0.05) is 13.0 Å². The molecule has 1 aromatic carbocycles. The fourth-order valence-corrected chi connectivity index (χ4v) is 4.54. The second-order valence-corrected chi connectivity index (χ2v) is 8.78. The van der Waals surface area contributed by atoms with Gasteiger partial charge < -0.3 is 9.73 Å². The average molecular weight is 406 g/mol. The quantitative estimate of drug-likeness (QED) is 0.703. The normalized spacial score (nSPS) is 17.7. The van der Waals surface area contributed by atoms with Crippen LogP contribution in [-0.2, 0) is 16.6 Å². The van der Waals surface area contributed by atoms with Crippen LogP contribution in [0.5, 0.6) is 0 Å². The fraction of sp³-hybridized carbons (Fsp3) is 0.450. The Morgan fingerprint density at radius 2 is 2.14 bits per heavy atom. The van der Waals surface area contributed by atoms with E-state index in [4.69, 9.17) is 4.42 Å². The maximum absolute atomic E-state index is 12.7. The molecular formula is C20H27N3O4S. The first-order valence-electron chi connectivity index (χ1n) is 9.55. The van der Waals surface area contributed by atoms with Crippen molar-refractivity contribution in [3.05, 3.63) is 53.5 Å². The minimum atomic E-state index is -3.75. The van der Waals surface area contributed by atoms with Crippen molar-refractivity contribution in [3.8, 4) is 0 Å². The first kappa shape index (κ1) is 20.6. The topological polar surface area (TPSA) is 91.7 Å². The van der Waals surface area contributed by atoms with Crippen molar-refractivity contribution < 1.29 is 17.6 Å². The summed E-state index contributed by atoms with van der Waals surface area (Å²) in [6, 6.07) is 8.33. The predicted molar refractivity (Wildman–Crippen MR) is 107 cm³/mol. The standard InChI is InChI=1S/C20H27N3O4S/c1-3-23-10-4-6-16(23)13-21-20(24)19-12-18(9-8-15(19)2)28(25,26)22-14-17-7-5-11-27-17/h5,7-9,11-12,16,22H,3-4,6,10,13-14H2,1-2H3,(H,21,24). The molecule has 0 spiro atoms. The largest absolute Gasteiger partial charge is 0.468 e. The van der Waals surface area contributed by atoms with Crippen LogP contribution in [-0.4, -0.2) is 44.9 Å². The number of hydrogen-bond acceptors (Lipinski definition) is 5. The van der Waals surface area contributed by atoms with Gasteiger partial charge in [-0.3, -0.25) is 9.69 Å². The molecule has 2 heterocycles. The lowest BCUT2D eigenvalue weighted by molar-refractivity contribution is 0.0940. The summed E-state index contributed by atoms with van der Waals surface area (Å²) in [6.07, 6.45) is 3.70. The Bertz CT molecular complexity index is 910. The zero-order chi connectivity index (χ0) is 20.1. The van der Waals surface area contributed by atoms with Gasteiger partial charge in [-0.15, -0.1) is 0 Å². The van der Waals surface area contributed by atoms with Crippen LogP contribution in [0, 0.1) is 6.92 Å². The highest BCUT2D eigenvalue weighted by molar-refractivity contribution is 7.89. The van der Waals surface area contributed by atoms with Crippen molar-refractivity contribution in [2.24, 2.45) is 0 Å². The molecule has 3 rings (SSSR count). The number of hydrogen-bond donors (Lipinski definition) is 2. The molecule has 2 aromatic rings.